The van der Waals surface area contributed by atoms with Crippen LogP contribution in [-0.2, 0) is 16.1 Å². The zero-order chi connectivity index (χ0) is 22.3. The molecule has 160 valence electrons. The highest BCUT2D eigenvalue weighted by atomic mass is 32.2. The van der Waals surface area contributed by atoms with Crippen LogP contribution in [0.25, 0.3) is 6.08 Å². The molecule has 0 spiro atoms. The van der Waals surface area contributed by atoms with E-state index in [-0.39, 0.29) is 18.4 Å². The third kappa shape index (κ3) is 5.43. The van der Waals surface area contributed by atoms with E-state index in [2.05, 4.69) is 5.32 Å². The van der Waals surface area contributed by atoms with Crippen molar-refractivity contribution in [1.29, 1.82) is 0 Å². The minimum atomic E-state index is -0.192. The summed E-state index contributed by atoms with van der Waals surface area (Å²) in [5.74, 6) is 0.248. The number of hydrogen-bond donors (Lipinski definition) is 1. The van der Waals surface area contributed by atoms with Gasteiger partial charge in [0.25, 0.3) is 11.8 Å². The lowest BCUT2D eigenvalue weighted by Crippen LogP contribution is -2.28. The van der Waals surface area contributed by atoms with Crippen LogP contribution < -0.4 is 15.0 Å². The lowest BCUT2D eigenvalue weighted by atomic mass is 10.2. The molecule has 1 aliphatic rings. The van der Waals surface area contributed by atoms with Gasteiger partial charge in [0.1, 0.15) is 5.75 Å². The summed E-state index contributed by atoms with van der Waals surface area (Å²) in [5, 5.41) is 2.82. The van der Waals surface area contributed by atoms with Crippen LogP contribution in [0.15, 0.2) is 89.8 Å². The van der Waals surface area contributed by atoms with Crippen LogP contribution in [0.1, 0.15) is 11.1 Å². The summed E-state index contributed by atoms with van der Waals surface area (Å²) < 4.78 is 6.07. The first-order valence-corrected chi connectivity index (χ1v) is 11.2. The van der Waals surface area contributed by atoms with Gasteiger partial charge in [-0.05, 0) is 41.5 Å². The van der Waals surface area contributed by atoms with E-state index in [1.807, 2.05) is 72.8 Å². The van der Waals surface area contributed by atoms with Gasteiger partial charge < -0.3 is 10.1 Å². The number of rotatable bonds is 7. The van der Waals surface area contributed by atoms with Gasteiger partial charge in [0.2, 0.25) is 0 Å². The minimum absolute atomic E-state index is 0.0675. The van der Waals surface area contributed by atoms with E-state index >= 15 is 0 Å². The SMILES string of the molecule is O=C(COc1ccc(/C=C2\SC(=S)N(c3ccccc3)C2=O)cc1)NCc1ccccc1. The Balaban J connectivity index is 1.32. The molecule has 4 rings (SSSR count). The van der Waals surface area contributed by atoms with Crippen LogP contribution in [0.3, 0.4) is 0 Å². The Hall–Kier alpha value is -3.42. The first-order valence-electron chi connectivity index (χ1n) is 9.96. The molecule has 0 saturated carbocycles. The first kappa shape index (κ1) is 21.8. The summed E-state index contributed by atoms with van der Waals surface area (Å²) in [4.78, 5) is 26.9. The molecule has 1 N–H and O–H groups in total. The Bertz CT molecular complexity index is 1150. The van der Waals surface area contributed by atoms with Crippen molar-refractivity contribution in [3.05, 3.63) is 101 Å². The van der Waals surface area contributed by atoms with Gasteiger partial charge in [0, 0.05) is 6.54 Å². The molecule has 7 heteroatoms. The second-order valence-corrected chi connectivity index (χ2v) is 8.65. The largest absolute Gasteiger partial charge is 0.484 e. The van der Waals surface area contributed by atoms with Crippen molar-refractivity contribution >= 4 is 51.9 Å². The summed E-state index contributed by atoms with van der Waals surface area (Å²) in [7, 11) is 0. The van der Waals surface area contributed by atoms with E-state index < -0.39 is 0 Å². The third-order valence-corrected chi connectivity index (χ3v) is 5.99. The number of thioether (sulfide) groups is 1. The van der Waals surface area contributed by atoms with Gasteiger partial charge in [0.05, 0.1) is 10.6 Å². The molecule has 3 aromatic carbocycles. The zero-order valence-electron chi connectivity index (χ0n) is 17.1. The quantitative estimate of drug-likeness (QED) is 0.406. The average Bonchev–Trinajstić information content (AvgIpc) is 3.11. The molecule has 0 aliphatic carbocycles. The highest BCUT2D eigenvalue weighted by molar-refractivity contribution is 8.27. The molecule has 0 atom stereocenters. The van der Waals surface area contributed by atoms with E-state index in [1.54, 1.807) is 18.2 Å². The van der Waals surface area contributed by atoms with Crippen molar-refractivity contribution in [3.8, 4) is 5.75 Å². The number of hydrogen-bond acceptors (Lipinski definition) is 5. The topological polar surface area (TPSA) is 58.6 Å². The van der Waals surface area contributed by atoms with E-state index in [0.29, 0.717) is 21.5 Å². The molecule has 3 aromatic rings. The number of nitrogens with one attached hydrogen (secondary N) is 1. The van der Waals surface area contributed by atoms with Gasteiger partial charge in [-0.15, -0.1) is 0 Å². The number of thiocarbonyl (C=S) groups is 1. The minimum Gasteiger partial charge on any atom is -0.484 e. The number of para-hydroxylation sites is 1. The summed E-state index contributed by atoms with van der Waals surface area (Å²) in [6.45, 7) is 0.394. The van der Waals surface area contributed by atoms with E-state index in [9.17, 15) is 9.59 Å². The standard InChI is InChI=1S/C25H20N2O3S2/c28-23(26-16-19-7-3-1-4-8-19)17-30-21-13-11-18(12-14-21)15-22-24(29)27(25(31)32-22)20-9-5-2-6-10-20/h1-15H,16-17H2,(H,26,28)/b22-15-. The van der Waals surface area contributed by atoms with Gasteiger partial charge in [0.15, 0.2) is 10.9 Å². The molecular weight excluding hydrogens is 440 g/mol. The number of anilines is 1. The molecule has 1 saturated heterocycles. The fourth-order valence-corrected chi connectivity index (χ4v) is 4.37. The van der Waals surface area contributed by atoms with Gasteiger partial charge in [-0.1, -0.05) is 84.6 Å². The maximum atomic E-state index is 12.8. The van der Waals surface area contributed by atoms with E-state index in [4.69, 9.17) is 17.0 Å². The van der Waals surface area contributed by atoms with Crippen LogP contribution in [-0.4, -0.2) is 22.7 Å². The van der Waals surface area contributed by atoms with Crippen LogP contribution in [0, 0.1) is 0 Å². The first-order chi connectivity index (χ1) is 15.6. The van der Waals surface area contributed by atoms with Crippen molar-refractivity contribution < 1.29 is 14.3 Å². The molecule has 5 nitrogen and oxygen atoms in total. The number of carbonyl (C=O) groups is 2. The molecule has 1 heterocycles. The molecular formula is C25H20N2O3S2. The predicted octanol–water partition coefficient (Wildman–Crippen LogP) is 4.79. The smallest absolute Gasteiger partial charge is 0.270 e. The Kier molecular flexibility index (Phi) is 6.99. The van der Waals surface area contributed by atoms with Gasteiger partial charge in [-0.2, -0.15) is 0 Å². The predicted molar refractivity (Wildman–Crippen MR) is 132 cm³/mol. The Labute approximate surface area is 196 Å². The number of nitrogens with zero attached hydrogens (tertiary/aromatic N) is 1. The zero-order valence-corrected chi connectivity index (χ0v) is 18.7. The normalized spacial score (nSPS) is 14.6. The molecule has 0 unspecified atom stereocenters. The maximum absolute atomic E-state index is 12.8. The molecule has 1 fully saturated rings. The van der Waals surface area contributed by atoms with Gasteiger partial charge in [-0.3, -0.25) is 14.5 Å². The van der Waals surface area contributed by atoms with Crippen LogP contribution in [0.5, 0.6) is 5.75 Å². The molecule has 2 amide bonds. The summed E-state index contributed by atoms with van der Waals surface area (Å²) >= 11 is 6.67. The van der Waals surface area contributed by atoms with Gasteiger partial charge in [-0.25, -0.2) is 0 Å². The highest BCUT2D eigenvalue weighted by Crippen LogP contribution is 2.35. The van der Waals surface area contributed by atoms with Crippen LogP contribution >= 0.6 is 24.0 Å². The average molecular weight is 461 g/mol. The Morgan fingerprint density at radius 2 is 1.62 bits per heavy atom. The van der Waals surface area contributed by atoms with Gasteiger partial charge >= 0.3 is 0 Å². The molecule has 0 radical (unpaired) electrons. The maximum Gasteiger partial charge on any atom is 0.270 e. The lowest BCUT2D eigenvalue weighted by molar-refractivity contribution is -0.123. The van der Waals surface area contributed by atoms with Crippen molar-refractivity contribution in [3.63, 3.8) is 0 Å². The monoisotopic (exact) mass is 460 g/mol. The summed E-state index contributed by atoms with van der Waals surface area (Å²) in [6, 6.07) is 26.3. The number of amides is 2. The number of benzene rings is 3. The second kappa shape index (κ2) is 10.3. The van der Waals surface area contributed by atoms with Crippen molar-refractivity contribution in [2.45, 2.75) is 6.54 Å². The molecule has 1 aliphatic heterocycles. The fraction of sp³-hybridized carbons (Fsp3) is 0.0800. The Morgan fingerprint density at radius 3 is 2.31 bits per heavy atom. The summed E-state index contributed by atoms with van der Waals surface area (Å²) in [5.41, 5.74) is 2.63. The third-order valence-electron chi connectivity index (χ3n) is 4.69. The number of carbonyl (C=O) groups excluding carboxylic acids is 2. The fourth-order valence-electron chi connectivity index (χ4n) is 3.08. The lowest BCUT2D eigenvalue weighted by Gasteiger charge is -2.13. The number of ether oxygens (including phenoxy) is 1. The molecule has 32 heavy (non-hydrogen) atoms. The molecule has 0 aromatic heterocycles. The summed E-state index contributed by atoms with van der Waals surface area (Å²) in [6.07, 6.45) is 1.80. The molecule has 0 bridgehead atoms. The van der Waals surface area contributed by atoms with Crippen molar-refractivity contribution in [1.82, 2.24) is 5.32 Å². The van der Waals surface area contributed by atoms with E-state index in [0.717, 1.165) is 16.8 Å². The van der Waals surface area contributed by atoms with E-state index in [1.165, 1.54) is 16.7 Å². The second-order valence-electron chi connectivity index (χ2n) is 6.97. The van der Waals surface area contributed by atoms with Crippen molar-refractivity contribution in [2.24, 2.45) is 0 Å². The van der Waals surface area contributed by atoms with Crippen LogP contribution in [0.2, 0.25) is 0 Å². The highest BCUT2D eigenvalue weighted by Gasteiger charge is 2.33. The van der Waals surface area contributed by atoms with Crippen molar-refractivity contribution in [2.75, 3.05) is 11.5 Å². The van der Waals surface area contributed by atoms with Crippen LogP contribution in [0.4, 0.5) is 5.69 Å². The Morgan fingerprint density at radius 1 is 0.969 bits per heavy atom.